The van der Waals surface area contributed by atoms with E-state index in [-0.39, 0.29) is 0 Å². The summed E-state index contributed by atoms with van der Waals surface area (Å²) in [5.74, 6) is 2.64. The van der Waals surface area contributed by atoms with Gasteiger partial charge in [-0.1, -0.05) is 30.9 Å². The van der Waals surface area contributed by atoms with Crippen molar-refractivity contribution >= 4 is 11.6 Å². The van der Waals surface area contributed by atoms with E-state index >= 15 is 0 Å². The van der Waals surface area contributed by atoms with Gasteiger partial charge in [0.15, 0.2) is 0 Å². The Morgan fingerprint density at radius 2 is 1.83 bits per heavy atom. The Bertz CT molecular complexity index is 664. The average Bonchev–Trinajstić information content (AvgIpc) is 3.26. The van der Waals surface area contributed by atoms with Gasteiger partial charge in [-0.3, -0.25) is 0 Å². The molecule has 24 heavy (non-hydrogen) atoms. The molecule has 0 unspecified atom stereocenters. The smallest absolute Gasteiger partial charge is 0.247 e. The highest BCUT2D eigenvalue weighted by atomic mass is 35.5. The third kappa shape index (κ3) is 3.65. The summed E-state index contributed by atoms with van der Waals surface area (Å²) in [7, 11) is 0. The molecule has 1 aliphatic carbocycles. The Labute approximate surface area is 148 Å². The van der Waals surface area contributed by atoms with E-state index in [4.69, 9.17) is 16.0 Å². The minimum Gasteiger partial charge on any atom is -0.420 e. The van der Waals surface area contributed by atoms with Crippen molar-refractivity contribution in [3.63, 3.8) is 0 Å². The molecule has 1 atom stereocenters. The van der Waals surface area contributed by atoms with Crippen LogP contribution in [0.2, 0.25) is 5.02 Å². The van der Waals surface area contributed by atoms with Crippen LogP contribution in [0, 0.1) is 5.92 Å². The van der Waals surface area contributed by atoms with Crippen LogP contribution in [0.4, 0.5) is 0 Å². The maximum absolute atomic E-state index is 5.94. The van der Waals surface area contributed by atoms with Crippen LogP contribution < -0.4 is 0 Å². The van der Waals surface area contributed by atoms with E-state index in [1.165, 1.54) is 38.6 Å². The molecule has 2 heterocycles. The number of benzene rings is 1. The third-order valence-corrected chi connectivity index (χ3v) is 5.65. The second kappa shape index (κ2) is 7.24. The molecular weight excluding hydrogens is 322 g/mol. The fraction of sp³-hybridized carbons (Fsp3) is 0.579. The molecule has 1 aromatic heterocycles. The van der Waals surface area contributed by atoms with Gasteiger partial charge in [0.25, 0.3) is 0 Å². The van der Waals surface area contributed by atoms with Crippen molar-refractivity contribution in [2.24, 2.45) is 5.92 Å². The molecule has 4 rings (SSSR count). The van der Waals surface area contributed by atoms with Crippen molar-refractivity contribution in [3.8, 4) is 11.5 Å². The van der Waals surface area contributed by atoms with Crippen molar-refractivity contribution in [1.82, 2.24) is 15.1 Å². The third-order valence-electron chi connectivity index (χ3n) is 5.39. The van der Waals surface area contributed by atoms with E-state index in [2.05, 4.69) is 15.1 Å². The van der Waals surface area contributed by atoms with Gasteiger partial charge in [-0.2, -0.15) is 0 Å². The predicted octanol–water partition coefficient (Wildman–Crippen LogP) is 4.76. The SMILES string of the molecule is Clc1ccc(-c2nnc([C@H]3CCN(CC4CCCCC4)C3)o2)cc1. The lowest BCUT2D eigenvalue weighted by molar-refractivity contribution is 0.230. The van der Waals surface area contributed by atoms with Crippen LogP contribution in [-0.4, -0.2) is 34.7 Å². The van der Waals surface area contributed by atoms with E-state index in [9.17, 15) is 0 Å². The van der Waals surface area contributed by atoms with Gasteiger partial charge >= 0.3 is 0 Å². The molecule has 1 aromatic carbocycles. The van der Waals surface area contributed by atoms with E-state index < -0.39 is 0 Å². The maximum atomic E-state index is 5.94. The van der Waals surface area contributed by atoms with Gasteiger partial charge in [0.2, 0.25) is 11.8 Å². The summed E-state index contributed by atoms with van der Waals surface area (Å²) in [6.45, 7) is 3.45. The number of hydrogen-bond acceptors (Lipinski definition) is 4. The first-order valence-electron chi connectivity index (χ1n) is 9.09. The standard InChI is InChI=1S/C19H24ClN3O/c20-17-8-6-15(7-9-17)18-21-22-19(24-18)16-10-11-23(13-16)12-14-4-2-1-3-5-14/h6-9,14,16H,1-5,10-13H2/t16-/m0/s1. The van der Waals surface area contributed by atoms with Crippen LogP contribution in [-0.2, 0) is 0 Å². The zero-order valence-electron chi connectivity index (χ0n) is 14.0. The fourth-order valence-electron chi connectivity index (χ4n) is 4.04. The Balaban J connectivity index is 1.37. The largest absolute Gasteiger partial charge is 0.420 e. The lowest BCUT2D eigenvalue weighted by Crippen LogP contribution is -2.28. The molecule has 1 saturated carbocycles. The second-order valence-electron chi connectivity index (χ2n) is 7.20. The number of hydrogen-bond donors (Lipinski definition) is 0. The second-order valence-corrected chi connectivity index (χ2v) is 7.64. The molecule has 2 fully saturated rings. The minimum absolute atomic E-state index is 0.377. The van der Waals surface area contributed by atoms with Gasteiger partial charge in [0.1, 0.15) is 0 Å². The van der Waals surface area contributed by atoms with Gasteiger partial charge in [0, 0.05) is 23.7 Å². The lowest BCUT2D eigenvalue weighted by Gasteiger charge is -2.26. The minimum atomic E-state index is 0.377. The molecule has 128 valence electrons. The summed E-state index contributed by atoms with van der Waals surface area (Å²) in [6.07, 6.45) is 8.18. The summed E-state index contributed by atoms with van der Waals surface area (Å²) < 4.78 is 5.94. The highest BCUT2D eigenvalue weighted by Gasteiger charge is 2.29. The first-order chi connectivity index (χ1) is 11.8. The van der Waals surface area contributed by atoms with Crippen molar-refractivity contribution in [1.29, 1.82) is 0 Å². The lowest BCUT2D eigenvalue weighted by atomic mass is 9.89. The van der Waals surface area contributed by atoms with Crippen LogP contribution in [0.3, 0.4) is 0 Å². The monoisotopic (exact) mass is 345 g/mol. The van der Waals surface area contributed by atoms with Crippen molar-refractivity contribution in [2.45, 2.75) is 44.4 Å². The van der Waals surface area contributed by atoms with E-state index in [1.54, 1.807) is 0 Å². The summed E-state index contributed by atoms with van der Waals surface area (Å²) in [5, 5.41) is 9.24. The molecule has 4 nitrogen and oxygen atoms in total. The molecule has 0 N–H and O–H groups in total. The molecule has 2 aliphatic rings. The van der Waals surface area contributed by atoms with Crippen LogP contribution >= 0.6 is 11.6 Å². The first-order valence-corrected chi connectivity index (χ1v) is 9.47. The molecular formula is C19H24ClN3O. The number of halogens is 1. The van der Waals surface area contributed by atoms with Crippen LogP contribution in [0.25, 0.3) is 11.5 Å². The zero-order chi connectivity index (χ0) is 16.4. The molecule has 0 amide bonds. The van der Waals surface area contributed by atoms with E-state index in [0.717, 1.165) is 36.9 Å². The molecule has 5 heteroatoms. The van der Waals surface area contributed by atoms with E-state index in [1.807, 2.05) is 24.3 Å². The van der Waals surface area contributed by atoms with Crippen molar-refractivity contribution in [2.75, 3.05) is 19.6 Å². The maximum Gasteiger partial charge on any atom is 0.247 e. The fourth-order valence-corrected chi connectivity index (χ4v) is 4.17. The normalized spacial score (nSPS) is 23.0. The van der Waals surface area contributed by atoms with Crippen LogP contribution in [0.1, 0.15) is 50.3 Å². The Morgan fingerprint density at radius 1 is 1.04 bits per heavy atom. The van der Waals surface area contributed by atoms with Crippen LogP contribution in [0.15, 0.2) is 28.7 Å². The van der Waals surface area contributed by atoms with Gasteiger partial charge < -0.3 is 9.32 Å². The van der Waals surface area contributed by atoms with Gasteiger partial charge in [-0.25, -0.2) is 0 Å². The first kappa shape index (κ1) is 16.1. The molecule has 0 radical (unpaired) electrons. The number of likely N-dealkylation sites (tertiary alicyclic amines) is 1. The topological polar surface area (TPSA) is 42.2 Å². The van der Waals surface area contributed by atoms with Gasteiger partial charge in [0.05, 0.1) is 5.92 Å². The average molecular weight is 346 g/mol. The summed E-state index contributed by atoms with van der Waals surface area (Å²) in [6, 6.07) is 7.54. The highest BCUT2D eigenvalue weighted by molar-refractivity contribution is 6.30. The van der Waals surface area contributed by atoms with Crippen LogP contribution in [0.5, 0.6) is 0 Å². The van der Waals surface area contributed by atoms with Gasteiger partial charge in [-0.05, 0) is 56.0 Å². The number of nitrogens with zero attached hydrogens (tertiary/aromatic N) is 3. The Morgan fingerprint density at radius 3 is 2.62 bits per heavy atom. The zero-order valence-corrected chi connectivity index (χ0v) is 14.7. The molecule has 0 bridgehead atoms. The van der Waals surface area contributed by atoms with Crippen molar-refractivity contribution < 1.29 is 4.42 Å². The van der Waals surface area contributed by atoms with Crippen molar-refractivity contribution in [3.05, 3.63) is 35.2 Å². The Hall–Kier alpha value is -1.39. The van der Waals surface area contributed by atoms with E-state index in [0.29, 0.717) is 16.8 Å². The summed E-state index contributed by atoms with van der Waals surface area (Å²) in [4.78, 5) is 2.59. The molecule has 1 aliphatic heterocycles. The number of aromatic nitrogens is 2. The van der Waals surface area contributed by atoms with Gasteiger partial charge in [-0.15, -0.1) is 10.2 Å². The Kier molecular flexibility index (Phi) is 4.86. The quantitative estimate of drug-likeness (QED) is 0.801. The predicted molar refractivity (Wildman–Crippen MR) is 95.1 cm³/mol. The molecule has 2 aromatic rings. The molecule has 0 spiro atoms. The number of rotatable bonds is 4. The summed E-state index contributed by atoms with van der Waals surface area (Å²) >= 11 is 5.93. The highest BCUT2D eigenvalue weighted by Crippen LogP contribution is 2.31. The summed E-state index contributed by atoms with van der Waals surface area (Å²) in [5.41, 5.74) is 0.926. The molecule has 1 saturated heterocycles.